The number of carbonyl (C=O) groups is 2. The molecule has 5 heteroatoms. The number of hydrogen-bond acceptors (Lipinski definition) is 3. The maximum Gasteiger partial charge on any atom is 0.251 e. The predicted molar refractivity (Wildman–Crippen MR) is 103 cm³/mol. The zero-order valence-electron chi connectivity index (χ0n) is 15.1. The molecule has 0 aliphatic carbocycles. The minimum atomic E-state index is -0.116. The molecule has 2 aromatic rings. The molecule has 0 saturated heterocycles. The van der Waals surface area contributed by atoms with Crippen LogP contribution in [0.15, 0.2) is 48.5 Å². The van der Waals surface area contributed by atoms with Crippen LogP contribution < -0.4 is 10.6 Å². The Morgan fingerprint density at radius 3 is 2.69 bits per heavy atom. The summed E-state index contributed by atoms with van der Waals surface area (Å²) in [6.45, 7) is 5.18. The number of benzene rings is 2. The fraction of sp³-hybridized carbons (Fsp3) is 0.333. The summed E-state index contributed by atoms with van der Waals surface area (Å²) in [4.78, 5) is 26.2. The van der Waals surface area contributed by atoms with Gasteiger partial charge in [0.25, 0.3) is 5.91 Å². The molecule has 2 N–H and O–H groups in total. The number of amides is 2. The molecule has 1 aliphatic rings. The first-order chi connectivity index (χ1) is 12.7. The summed E-state index contributed by atoms with van der Waals surface area (Å²) >= 11 is 0. The summed E-state index contributed by atoms with van der Waals surface area (Å²) in [6, 6.07) is 15.6. The second kappa shape index (κ2) is 8.63. The largest absolute Gasteiger partial charge is 0.351 e. The molecule has 26 heavy (non-hydrogen) atoms. The van der Waals surface area contributed by atoms with Gasteiger partial charge >= 0.3 is 0 Å². The Kier molecular flexibility index (Phi) is 6.02. The van der Waals surface area contributed by atoms with Gasteiger partial charge < -0.3 is 10.6 Å². The third-order valence-electron chi connectivity index (χ3n) is 4.65. The van der Waals surface area contributed by atoms with E-state index in [0.717, 1.165) is 26.1 Å². The van der Waals surface area contributed by atoms with E-state index < -0.39 is 0 Å². The van der Waals surface area contributed by atoms with Crippen LogP contribution in [-0.2, 0) is 17.8 Å². The van der Waals surface area contributed by atoms with Gasteiger partial charge in [-0.05, 0) is 35.7 Å². The second-order valence-corrected chi connectivity index (χ2v) is 6.53. The lowest BCUT2D eigenvalue weighted by Gasteiger charge is -2.28. The van der Waals surface area contributed by atoms with E-state index in [9.17, 15) is 9.59 Å². The van der Waals surface area contributed by atoms with Crippen molar-refractivity contribution in [3.63, 3.8) is 0 Å². The lowest BCUT2D eigenvalue weighted by molar-refractivity contribution is -0.115. The maximum absolute atomic E-state index is 12.3. The minimum Gasteiger partial charge on any atom is -0.351 e. The maximum atomic E-state index is 12.3. The van der Waals surface area contributed by atoms with E-state index in [1.807, 2.05) is 0 Å². The van der Waals surface area contributed by atoms with Crippen molar-refractivity contribution in [3.05, 3.63) is 65.2 Å². The summed E-state index contributed by atoms with van der Waals surface area (Å²) in [6.07, 6.45) is 1.47. The highest BCUT2D eigenvalue weighted by atomic mass is 16.2. The first-order valence-electron chi connectivity index (χ1n) is 9.13. The molecule has 1 heterocycles. The molecule has 136 valence electrons. The van der Waals surface area contributed by atoms with Crippen LogP contribution in [0.1, 0.15) is 34.8 Å². The van der Waals surface area contributed by atoms with Crippen molar-refractivity contribution in [2.75, 3.05) is 25.0 Å². The van der Waals surface area contributed by atoms with Gasteiger partial charge in [-0.1, -0.05) is 37.3 Å². The van der Waals surface area contributed by atoms with Crippen LogP contribution in [0.25, 0.3) is 0 Å². The summed E-state index contributed by atoms with van der Waals surface area (Å²) < 4.78 is 0. The van der Waals surface area contributed by atoms with E-state index >= 15 is 0 Å². The second-order valence-electron chi connectivity index (χ2n) is 6.53. The van der Waals surface area contributed by atoms with E-state index in [4.69, 9.17) is 0 Å². The Morgan fingerprint density at radius 2 is 1.88 bits per heavy atom. The molecular weight excluding hydrogens is 326 g/mol. The fourth-order valence-corrected chi connectivity index (χ4v) is 3.16. The molecule has 1 aliphatic heterocycles. The molecule has 0 fully saturated rings. The van der Waals surface area contributed by atoms with Gasteiger partial charge in [-0.15, -0.1) is 0 Å². The first-order valence-corrected chi connectivity index (χ1v) is 9.13. The molecule has 0 aromatic heterocycles. The van der Waals surface area contributed by atoms with E-state index in [2.05, 4.69) is 39.8 Å². The van der Waals surface area contributed by atoms with Gasteiger partial charge in [-0.3, -0.25) is 14.5 Å². The average Bonchev–Trinajstić information content (AvgIpc) is 2.68. The van der Waals surface area contributed by atoms with Gasteiger partial charge in [0, 0.05) is 43.9 Å². The van der Waals surface area contributed by atoms with Crippen molar-refractivity contribution in [2.24, 2.45) is 0 Å². The highest BCUT2D eigenvalue weighted by molar-refractivity contribution is 5.97. The van der Waals surface area contributed by atoms with Crippen LogP contribution in [0.2, 0.25) is 0 Å². The zero-order valence-corrected chi connectivity index (χ0v) is 15.1. The molecule has 0 radical (unpaired) electrons. The summed E-state index contributed by atoms with van der Waals surface area (Å²) in [5.41, 5.74) is 4.02. The van der Waals surface area contributed by atoms with Crippen molar-refractivity contribution in [2.45, 2.75) is 26.3 Å². The van der Waals surface area contributed by atoms with Gasteiger partial charge in [0.2, 0.25) is 5.91 Å². The lowest BCUT2D eigenvalue weighted by Crippen LogP contribution is -2.37. The lowest BCUT2D eigenvalue weighted by atomic mass is 10.00. The van der Waals surface area contributed by atoms with Crippen LogP contribution in [0, 0.1) is 0 Å². The van der Waals surface area contributed by atoms with Crippen LogP contribution in [-0.4, -0.2) is 36.3 Å². The molecule has 0 spiro atoms. The van der Waals surface area contributed by atoms with Gasteiger partial charge in [0.15, 0.2) is 0 Å². The zero-order chi connectivity index (χ0) is 18.4. The van der Waals surface area contributed by atoms with Gasteiger partial charge in [0.1, 0.15) is 0 Å². The number of anilines is 1. The smallest absolute Gasteiger partial charge is 0.251 e. The number of nitrogens with one attached hydrogen (secondary N) is 2. The molecule has 0 bridgehead atoms. The van der Waals surface area contributed by atoms with Crippen molar-refractivity contribution >= 4 is 17.5 Å². The van der Waals surface area contributed by atoms with Crippen LogP contribution in [0.3, 0.4) is 0 Å². The summed E-state index contributed by atoms with van der Waals surface area (Å²) in [5, 5.41) is 5.75. The summed E-state index contributed by atoms with van der Waals surface area (Å²) in [7, 11) is 0. The van der Waals surface area contributed by atoms with Crippen molar-refractivity contribution in [1.29, 1.82) is 0 Å². The average molecular weight is 351 g/mol. The fourth-order valence-electron chi connectivity index (χ4n) is 3.16. The minimum absolute atomic E-state index is 0.0621. The Labute approximate surface area is 154 Å². The standard InChI is InChI=1S/C21H25N3O2/c1-2-20(25)23-19-9-5-8-17(14-19)21(26)22-11-13-24-12-10-16-6-3-4-7-18(16)15-24/h3-9,14H,2,10-13,15H2,1H3,(H,22,26)(H,23,25). The number of rotatable bonds is 6. The Balaban J connectivity index is 1.49. The number of nitrogens with zero attached hydrogens (tertiary/aromatic N) is 1. The molecule has 2 amide bonds. The van der Waals surface area contributed by atoms with Gasteiger partial charge in [-0.25, -0.2) is 0 Å². The van der Waals surface area contributed by atoms with Crippen LogP contribution in [0.4, 0.5) is 5.69 Å². The summed E-state index contributed by atoms with van der Waals surface area (Å²) in [5.74, 6) is -0.178. The van der Waals surface area contributed by atoms with E-state index in [1.54, 1.807) is 31.2 Å². The molecule has 2 aromatic carbocycles. The number of fused-ring (bicyclic) bond motifs is 1. The number of carbonyl (C=O) groups excluding carboxylic acids is 2. The molecule has 0 saturated carbocycles. The highest BCUT2D eigenvalue weighted by Gasteiger charge is 2.15. The first kappa shape index (κ1) is 18.1. The number of hydrogen-bond donors (Lipinski definition) is 2. The van der Waals surface area contributed by atoms with E-state index in [-0.39, 0.29) is 11.8 Å². The highest BCUT2D eigenvalue weighted by Crippen LogP contribution is 2.17. The molecule has 0 unspecified atom stereocenters. The van der Waals surface area contributed by atoms with Crippen molar-refractivity contribution < 1.29 is 9.59 Å². The molecule has 5 nitrogen and oxygen atoms in total. The Bertz CT molecular complexity index is 788. The Morgan fingerprint density at radius 1 is 1.08 bits per heavy atom. The predicted octanol–water partition coefficient (Wildman–Crippen LogP) is 2.82. The molecule has 3 rings (SSSR count). The monoisotopic (exact) mass is 351 g/mol. The van der Waals surface area contributed by atoms with Crippen molar-refractivity contribution in [3.8, 4) is 0 Å². The SMILES string of the molecule is CCC(=O)Nc1cccc(C(=O)NCCN2CCc3ccccc3C2)c1. The Hall–Kier alpha value is -2.66. The van der Waals surface area contributed by atoms with Gasteiger partial charge in [0.05, 0.1) is 0 Å². The molecule has 0 atom stereocenters. The van der Waals surface area contributed by atoms with Crippen LogP contribution >= 0.6 is 0 Å². The quantitative estimate of drug-likeness (QED) is 0.841. The normalized spacial score (nSPS) is 13.7. The van der Waals surface area contributed by atoms with E-state index in [0.29, 0.717) is 24.2 Å². The van der Waals surface area contributed by atoms with Crippen molar-refractivity contribution in [1.82, 2.24) is 10.2 Å². The molecular formula is C21H25N3O2. The third-order valence-corrected chi connectivity index (χ3v) is 4.65. The third kappa shape index (κ3) is 4.70. The van der Waals surface area contributed by atoms with E-state index in [1.165, 1.54) is 11.1 Å². The van der Waals surface area contributed by atoms with Gasteiger partial charge in [-0.2, -0.15) is 0 Å². The van der Waals surface area contributed by atoms with Crippen LogP contribution in [0.5, 0.6) is 0 Å². The topological polar surface area (TPSA) is 61.4 Å².